The zero-order chi connectivity index (χ0) is 18.0. The first-order valence-electron chi connectivity index (χ1n) is 8.61. The minimum atomic E-state index is -1.14. The second kappa shape index (κ2) is 6.84. The molecule has 0 bridgehead atoms. The van der Waals surface area contributed by atoms with Crippen molar-refractivity contribution in [1.29, 1.82) is 0 Å². The Kier molecular flexibility index (Phi) is 4.76. The fourth-order valence-corrected chi connectivity index (χ4v) is 3.32. The van der Waals surface area contributed by atoms with Crippen LogP contribution in [0.1, 0.15) is 30.9 Å². The molecule has 4 amide bonds. The van der Waals surface area contributed by atoms with E-state index in [0.717, 1.165) is 29.8 Å². The quantitative estimate of drug-likeness (QED) is 0.699. The van der Waals surface area contributed by atoms with Crippen LogP contribution < -0.4 is 16.0 Å². The van der Waals surface area contributed by atoms with Crippen LogP contribution in [-0.2, 0) is 15.1 Å². The lowest BCUT2D eigenvalue weighted by Crippen LogP contribution is -2.49. The van der Waals surface area contributed by atoms with Crippen LogP contribution in [0.15, 0.2) is 24.3 Å². The van der Waals surface area contributed by atoms with Crippen LogP contribution in [0.2, 0.25) is 0 Å². The number of carbonyl (C=O) groups is 3. The molecule has 2 aliphatic rings. The predicted octanol–water partition coefficient (Wildman–Crippen LogP) is 0.630. The fraction of sp³-hybridized carbons (Fsp3) is 0.500. The first-order chi connectivity index (χ1) is 11.9. The summed E-state index contributed by atoms with van der Waals surface area (Å²) in [6, 6.07) is 6.95. The Hall–Kier alpha value is -2.41. The maximum absolute atomic E-state index is 12.8. The standard InChI is InChI=1S/C18H24N4O3/c1-12-5-7-13(8-6-12)18(2)16(24)22(17(25)21-18)11-15(23)20-14-4-3-9-19-10-14/h5-8,14,19H,3-4,9-11H2,1-2H3,(H,20,23)(H,21,25)/t14-,18?/m0/s1. The molecule has 134 valence electrons. The van der Waals surface area contributed by atoms with E-state index in [1.165, 1.54) is 0 Å². The summed E-state index contributed by atoms with van der Waals surface area (Å²) in [7, 11) is 0. The molecule has 25 heavy (non-hydrogen) atoms. The molecule has 2 aliphatic heterocycles. The molecule has 0 aliphatic carbocycles. The van der Waals surface area contributed by atoms with E-state index in [2.05, 4.69) is 16.0 Å². The highest BCUT2D eigenvalue weighted by Crippen LogP contribution is 2.28. The summed E-state index contributed by atoms with van der Waals surface area (Å²) in [6.07, 6.45) is 1.90. The van der Waals surface area contributed by atoms with Crippen molar-refractivity contribution in [3.63, 3.8) is 0 Å². The topological polar surface area (TPSA) is 90.5 Å². The first-order valence-corrected chi connectivity index (χ1v) is 8.61. The van der Waals surface area contributed by atoms with Gasteiger partial charge < -0.3 is 16.0 Å². The van der Waals surface area contributed by atoms with Crippen molar-refractivity contribution in [2.24, 2.45) is 0 Å². The van der Waals surface area contributed by atoms with Gasteiger partial charge in [0.25, 0.3) is 5.91 Å². The maximum Gasteiger partial charge on any atom is 0.325 e. The molecule has 1 aromatic rings. The van der Waals surface area contributed by atoms with Crippen molar-refractivity contribution in [1.82, 2.24) is 20.9 Å². The third-order valence-electron chi connectivity index (χ3n) is 4.87. The van der Waals surface area contributed by atoms with Gasteiger partial charge >= 0.3 is 6.03 Å². The van der Waals surface area contributed by atoms with E-state index in [9.17, 15) is 14.4 Å². The molecule has 2 fully saturated rings. The van der Waals surface area contributed by atoms with Gasteiger partial charge in [-0.15, -0.1) is 0 Å². The molecule has 0 radical (unpaired) electrons. The fourth-order valence-electron chi connectivity index (χ4n) is 3.32. The van der Waals surface area contributed by atoms with Crippen molar-refractivity contribution < 1.29 is 14.4 Å². The van der Waals surface area contributed by atoms with Crippen LogP contribution in [0.4, 0.5) is 4.79 Å². The van der Waals surface area contributed by atoms with Gasteiger partial charge in [-0.3, -0.25) is 14.5 Å². The van der Waals surface area contributed by atoms with Crippen LogP contribution in [0.3, 0.4) is 0 Å². The summed E-state index contributed by atoms with van der Waals surface area (Å²) in [6.45, 7) is 5.03. The minimum Gasteiger partial charge on any atom is -0.351 e. The van der Waals surface area contributed by atoms with E-state index < -0.39 is 17.5 Å². The molecular formula is C18H24N4O3. The van der Waals surface area contributed by atoms with Crippen molar-refractivity contribution in [3.8, 4) is 0 Å². The van der Waals surface area contributed by atoms with Gasteiger partial charge in [-0.05, 0) is 38.8 Å². The summed E-state index contributed by atoms with van der Waals surface area (Å²) < 4.78 is 0. The van der Waals surface area contributed by atoms with Crippen LogP contribution in [0.5, 0.6) is 0 Å². The number of imide groups is 1. The maximum atomic E-state index is 12.8. The van der Waals surface area contributed by atoms with Crippen molar-refractivity contribution >= 4 is 17.8 Å². The number of nitrogens with one attached hydrogen (secondary N) is 3. The smallest absolute Gasteiger partial charge is 0.325 e. The predicted molar refractivity (Wildman–Crippen MR) is 92.8 cm³/mol. The number of urea groups is 1. The van der Waals surface area contributed by atoms with E-state index in [1.807, 2.05) is 31.2 Å². The van der Waals surface area contributed by atoms with Crippen LogP contribution in [0, 0.1) is 6.92 Å². The number of benzene rings is 1. The number of carbonyl (C=O) groups excluding carboxylic acids is 3. The largest absolute Gasteiger partial charge is 0.351 e. The van der Waals surface area contributed by atoms with E-state index in [1.54, 1.807) is 6.92 Å². The molecule has 3 rings (SSSR count). The zero-order valence-corrected chi connectivity index (χ0v) is 14.6. The Morgan fingerprint density at radius 3 is 2.68 bits per heavy atom. The van der Waals surface area contributed by atoms with Gasteiger partial charge in [-0.25, -0.2) is 4.79 Å². The molecule has 0 saturated carbocycles. The molecule has 0 spiro atoms. The summed E-state index contributed by atoms with van der Waals surface area (Å²) in [5, 5.41) is 8.82. The number of rotatable bonds is 4. The Labute approximate surface area is 147 Å². The van der Waals surface area contributed by atoms with Crippen molar-refractivity contribution in [3.05, 3.63) is 35.4 Å². The van der Waals surface area contributed by atoms with E-state index in [4.69, 9.17) is 0 Å². The van der Waals surface area contributed by atoms with Gasteiger partial charge in [0.05, 0.1) is 0 Å². The van der Waals surface area contributed by atoms with Gasteiger partial charge in [-0.1, -0.05) is 29.8 Å². The average molecular weight is 344 g/mol. The van der Waals surface area contributed by atoms with Gasteiger partial charge in [0.2, 0.25) is 5.91 Å². The SMILES string of the molecule is Cc1ccc(C2(C)NC(=O)N(CC(=O)N[C@H]3CCCNC3)C2=O)cc1. The minimum absolute atomic E-state index is 0.0468. The lowest BCUT2D eigenvalue weighted by Gasteiger charge is -2.25. The van der Waals surface area contributed by atoms with Crippen LogP contribution in [-0.4, -0.2) is 48.4 Å². The molecule has 2 heterocycles. The van der Waals surface area contributed by atoms with Gasteiger partial charge in [-0.2, -0.15) is 0 Å². The van der Waals surface area contributed by atoms with Crippen LogP contribution in [0.25, 0.3) is 0 Å². The summed E-state index contributed by atoms with van der Waals surface area (Å²) in [5.74, 6) is -0.719. The molecule has 3 N–H and O–H groups in total. The van der Waals surface area contributed by atoms with E-state index in [0.29, 0.717) is 12.1 Å². The number of piperidine rings is 1. The van der Waals surface area contributed by atoms with E-state index in [-0.39, 0.29) is 18.5 Å². The monoisotopic (exact) mass is 344 g/mol. The third-order valence-corrected chi connectivity index (χ3v) is 4.87. The second-order valence-corrected chi connectivity index (χ2v) is 6.92. The van der Waals surface area contributed by atoms with Crippen molar-refractivity contribution in [2.45, 2.75) is 38.3 Å². The van der Waals surface area contributed by atoms with Crippen molar-refractivity contribution in [2.75, 3.05) is 19.6 Å². The molecule has 0 aromatic heterocycles. The molecule has 1 aromatic carbocycles. The number of hydrogen-bond donors (Lipinski definition) is 3. The van der Waals surface area contributed by atoms with E-state index >= 15 is 0 Å². The zero-order valence-electron chi connectivity index (χ0n) is 14.6. The summed E-state index contributed by atoms with van der Waals surface area (Å²) in [4.78, 5) is 38.3. The number of aryl methyl sites for hydroxylation is 1. The first kappa shape index (κ1) is 17.4. The highest BCUT2D eigenvalue weighted by molar-refractivity contribution is 6.09. The molecular weight excluding hydrogens is 320 g/mol. The highest BCUT2D eigenvalue weighted by Gasteiger charge is 2.49. The number of hydrogen-bond acceptors (Lipinski definition) is 4. The summed E-state index contributed by atoms with van der Waals surface area (Å²) >= 11 is 0. The molecule has 1 unspecified atom stereocenters. The lowest BCUT2D eigenvalue weighted by atomic mass is 9.91. The molecule has 7 heteroatoms. The number of nitrogens with zero attached hydrogens (tertiary/aromatic N) is 1. The normalized spacial score (nSPS) is 26.5. The van der Waals surface area contributed by atoms with Gasteiger partial charge in [0.15, 0.2) is 0 Å². The second-order valence-electron chi connectivity index (χ2n) is 6.92. The highest BCUT2D eigenvalue weighted by atomic mass is 16.2. The van der Waals surface area contributed by atoms with Gasteiger partial charge in [0, 0.05) is 12.6 Å². The molecule has 2 saturated heterocycles. The Morgan fingerprint density at radius 1 is 1.32 bits per heavy atom. The number of amides is 4. The molecule has 2 atom stereocenters. The Balaban J connectivity index is 1.68. The Morgan fingerprint density at radius 2 is 2.04 bits per heavy atom. The van der Waals surface area contributed by atoms with Crippen LogP contribution >= 0.6 is 0 Å². The molecule has 7 nitrogen and oxygen atoms in total. The lowest BCUT2D eigenvalue weighted by molar-refractivity contribution is -0.135. The summed E-state index contributed by atoms with van der Waals surface area (Å²) in [5.41, 5.74) is 0.634. The average Bonchev–Trinajstić information content (AvgIpc) is 2.80. The Bertz CT molecular complexity index is 682. The van der Waals surface area contributed by atoms with Gasteiger partial charge in [0.1, 0.15) is 12.1 Å². The third kappa shape index (κ3) is 3.51.